The van der Waals surface area contributed by atoms with Crippen molar-refractivity contribution in [3.05, 3.63) is 81.4 Å². The summed E-state index contributed by atoms with van der Waals surface area (Å²) in [6, 6.07) is 15.3. The van der Waals surface area contributed by atoms with Gasteiger partial charge in [0.1, 0.15) is 11.8 Å². The number of aliphatic hydroxyl groups excluding tert-OH is 1. The number of hydrogen-bond acceptors (Lipinski definition) is 7. The average Bonchev–Trinajstić information content (AvgIpc) is 3.29. The molecule has 1 aliphatic heterocycles. The Hall–Kier alpha value is -3.56. The molecule has 2 N–H and O–H groups in total. The van der Waals surface area contributed by atoms with E-state index in [-0.39, 0.29) is 11.7 Å². The minimum absolute atomic E-state index is 0.159. The number of nitrogens with one attached hydrogen (secondary N) is 1. The van der Waals surface area contributed by atoms with Crippen LogP contribution in [0.5, 0.6) is 5.75 Å². The molecule has 1 atom stereocenters. The monoisotopic (exact) mass is 460 g/mol. The molecule has 176 valence electrons. The molecule has 1 aliphatic rings. The Balaban J connectivity index is 1.57. The van der Waals surface area contributed by atoms with Crippen LogP contribution in [0, 0.1) is 6.92 Å². The van der Waals surface area contributed by atoms with Gasteiger partial charge in [-0.05, 0) is 71.0 Å². The number of pyridine rings is 1. The van der Waals surface area contributed by atoms with Crippen LogP contribution in [-0.2, 0) is 6.54 Å². The van der Waals surface area contributed by atoms with Gasteiger partial charge in [0.05, 0.1) is 19.8 Å². The van der Waals surface area contributed by atoms with Crippen LogP contribution in [0.2, 0.25) is 0 Å². The van der Waals surface area contributed by atoms with E-state index >= 15 is 0 Å². The van der Waals surface area contributed by atoms with Crippen LogP contribution in [0.1, 0.15) is 41.4 Å². The summed E-state index contributed by atoms with van der Waals surface area (Å²) in [5.74, 6) is 1.38. The molecule has 1 fully saturated rings. The van der Waals surface area contributed by atoms with Crippen molar-refractivity contribution in [1.29, 1.82) is 0 Å². The van der Waals surface area contributed by atoms with Gasteiger partial charge >= 0.3 is 0 Å². The molecule has 3 heterocycles. The third-order valence-corrected chi connectivity index (χ3v) is 6.48. The molecule has 0 radical (unpaired) electrons. The molecule has 2 aromatic carbocycles. The molecule has 1 unspecified atom stereocenters. The summed E-state index contributed by atoms with van der Waals surface area (Å²) in [6.07, 6.45) is 0.952. The number of aromatic nitrogens is 5. The number of fused-ring (bicyclic) bond motifs is 1. The predicted octanol–water partition coefficient (Wildman–Crippen LogP) is 2.43. The van der Waals surface area contributed by atoms with Crippen LogP contribution >= 0.6 is 0 Å². The summed E-state index contributed by atoms with van der Waals surface area (Å²) in [5, 5.41) is 23.6. The lowest BCUT2D eigenvalue weighted by Crippen LogP contribution is -2.41. The van der Waals surface area contributed by atoms with Crippen molar-refractivity contribution in [1.82, 2.24) is 30.1 Å². The first-order chi connectivity index (χ1) is 16.5. The molecule has 2 aromatic heterocycles. The standard InChI is InChI=1S/C25H28N6O3/c1-16-3-6-18-14-21(25(33)26-22(18)13-16)23(30-11-9-19(32)10-12-30)24-27-28-29-31(24)15-17-4-7-20(34-2)8-5-17/h3-8,13-14,19,23,32H,9-12,15H2,1-2H3,(H,26,33). The van der Waals surface area contributed by atoms with Gasteiger partial charge in [0, 0.05) is 24.2 Å². The minimum Gasteiger partial charge on any atom is -0.497 e. The molecule has 4 aromatic rings. The SMILES string of the molecule is COc1ccc(Cn2nnnc2C(c2cc3ccc(C)cc3[nH]c2=O)N2CCC(O)CC2)cc1. The molecular weight excluding hydrogens is 432 g/mol. The summed E-state index contributed by atoms with van der Waals surface area (Å²) >= 11 is 0. The van der Waals surface area contributed by atoms with Gasteiger partial charge < -0.3 is 14.8 Å². The van der Waals surface area contributed by atoms with E-state index in [0.29, 0.717) is 43.9 Å². The van der Waals surface area contributed by atoms with E-state index in [0.717, 1.165) is 27.8 Å². The Kier molecular flexibility index (Phi) is 6.12. The van der Waals surface area contributed by atoms with Crippen molar-refractivity contribution >= 4 is 10.9 Å². The number of aliphatic hydroxyl groups is 1. The lowest BCUT2D eigenvalue weighted by atomic mass is 9.99. The molecule has 0 spiro atoms. The van der Waals surface area contributed by atoms with Crippen LogP contribution in [0.25, 0.3) is 10.9 Å². The fraction of sp³-hybridized carbons (Fsp3) is 0.360. The topological polar surface area (TPSA) is 109 Å². The van der Waals surface area contributed by atoms with E-state index < -0.39 is 6.04 Å². The van der Waals surface area contributed by atoms with Crippen molar-refractivity contribution in [2.75, 3.05) is 20.2 Å². The summed E-state index contributed by atoms with van der Waals surface area (Å²) in [6.45, 7) is 3.75. The van der Waals surface area contributed by atoms with Gasteiger partial charge in [-0.1, -0.05) is 24.3 Å². The fourth-order valence-corrected chi connectivity index (χ4v) is 4.60. The van der Waals surface area contributed by atoms with Crippen molar-refractivity contribution in [2.24, 2.45) is 0 Å². The highest BCUT2D eigenvalue weighted by Crippen LogP contribution is 2.30. The molecule has 0 amide bonds. The largest absolute Gasteiger partial charge is 0.497 e. The molecule has 0 saturated carbocycles. The number of methoxy groups -OCH3 is 1. The van der Waals surface area contributed by atoms with E-state index in [4.69, 9.17) is 4.74 Å². The number of hydrogen-bond donors (Lipinski definition) is 2. The number of aryl methyl sites for hydroxylation is 1. The van der Waals surface area contributed by atoms with Crippen LogP contribution in [0.4, 0.5) is 0 Å². The Bertz CT molecular complexity index is 1340. The first-order valence-electron chi connectivity index (χ1n) is 11.5. The molecule has 9 heteroatoms. The Labute approximate surface area is 197 Å². The highest BCUT2D eigenvalue weighted by atomic mass is 16.5. The molecular formula is C25H28N6O3. The maximum absolute atomic E-state index is 13.3. The van der Waals surface area contributed by atoms with Crippen LogP contribution in [0.3, 0.4) is 0 Å². The number of likely N-dealkylation sites (tertiary alicyclic amines) is 1. The smallest absolute Gasteiger partial charge is 0.253 e. The van der Waals surface area contributed by atoms with E-state index in [9.17, 15) is 9.90 Å². The fourth-order valence-electron chi connectivity index (χ4n) is 4.60. The second kappa shape index (κ2) is 9.36. The first-order valence-corrected chi connectivity index (χ1v) is 11.5. The number of piperidine rings is 1. The second-order valence-corrected chi connectivity index (χ2v) is 8.86. The average molecular weight is 461 g/mol. The van der Waals surface area contributed by atoms with Gasteiger partial charge in [0.15, 0.2) is 5.82 Å². The number of rotatable bonds is 6. The Morgan fingerprint density at radius 3 is 2.65 bits per heavy atom. The first kappa shape index (κ1) is 22.2. The Morgan fingerprint density at radius 2 is 1.91 bits per heavy atom. The van der Waals surface area contributed by atoms with Gasteiger partial charge in [0.25, 0.3) is 5.56 Å². The zero-order chi connectivity index (χ0) is 23.7. The number of tetrazole rings is 1. The van der Waals surface area contributed by atoms with E-state index in [1.807, 2.05) is 55.5 Å². The van der Waals surface area contributed by atoms with Crippen molar-refractivity contribution in [2.45, 2.75) is 38.5 Å². The van der Waals surface area contributed by atoms with Crippen molar-refractivity contribution in [3.63, 3.8) is 0 Å². The number of ether oxygens (including phenoxy) is 1. The lowest BCUT2D eigenvalue weighted by molar-refractivity contribution is 0.0659. The number of aromatic amines is 1. The van der Waals surface area contributed by atoms with E-state index in [1.165, 1.54) is 0 Å². The third kappa shape index (κ3) is 4.44. The van der Waals surface area contributed by atoms with Gasteiger partial charge in [-0.2, -0.15) is 0 Å². The van der Waals surface area contributed by atoms with Crippen LogP contribution < -0.4 is 10.3 Å². The number of nitrogens with zero attached hydrogens (tertiary/aromatic N) is 5. The van der Waals surface area contributed by atoms with Crippen molar-refractivity contribution < 1.29 is 9.84 Å². The zero-order valence-corrected chi connectivity index (χ0v) is 19.3. The summed E-state index contributed by atoms with van der Waals surface area (Å²) in [5.41, 5.74) is 3.34. The molecule has 0 bridgehead atoms. The summed E-state index contributed by atoms with van der Waals surface area (Å²) in [4.78, 5) is 18.5. The van der Waals surface area contributed by atoms with E-state index in [2.05, 4.69) is 25.4 Å². The number of benzene rings is 2. The molecule has 9 nitrogen and oxygen atoms in total. The Morgan fingerprint density at radius 1 is 1.15 bits per heavy atom. The zero-order valence-electron chi connectivity index (χ0n) is 19.3. The van der Waals surface area contributed by atoms with Gasteiger partial charge in [-0.3, -0.25) is 9.69 Å². The molecule has 1 saturated heterocycles. The number of H-pyrrole nitrogens is 1. The maximum atomic E-state index is 13.3. The second-order valence-electron chi connectivity index (χ2n) is 8.86. The van der Waals surface area contributed by atoms with Gasteiger partial charge in [-0.15, -0.1) is 5.10 Å². The lowest BCUT2D eigenvalue weighted by Gasteiger charge is -2.35. The molecule has 34 heavy (non-hydrogen) atoms. The molecule has 5 rings (SSSR count). The van der Waals surface area contributed by atoms with Gasteiger partial charge in [-0.25, -0.2) is 4.68 Å². The minimum atomic E-state index is -0.435. The predicted molar refractivity (Wildman–Crippen MR) is 128 cm³/mol. The van der Waals surface area contributed by atoms with E-state index in [1.54, 1.807) is 11.8 Å². The summed E-state index contributed by atoms with van der Waals surface area (Å²) in [7, 11) is 1.64. The highest BCUT2D eigenvalue weighted by Gasteiger charge is 2.32. The van der Waals surface area contributed by atoms with Gasteiger partial charge in [0.2, 0.25) is 0 Å². The molecule has 0 aliphatic carbocycles. The highest BCUT2D eigenvalue weighted by molar-refractivity contribution is 5.79. The maximum Gasteiger partial charge on any atom is 0.253 e. The quantitative estimate of drug-likeness (QED) is 0.455. The summed E-state index contributed by atoms with van der Waals surface area (Å²) < 4.78 is 7.00. The van der Waals surface area contributed by atoms with Crippen LogP contribution in [0.15, 0.2) is 53.3 Å². The third-order valence-electron chi connectivity index (χ3n) is 6.48. The van der Waals surface area contributed by atoms with Crippen LogP contribution in [-0.4, -0.2) is 61.5 Å². The normalized spacial score (nSPS) is 16.1. The van der Waals surface area contributed by atoms with Crippen molar-refractivity contribution in [3.8, 4) is 5.75 Å².